The molecule has 0 aromatic heterocycles. The number of benzene rings is 1. The van der Waals surface area contributed by atoms with E-state index in [9.17, 15) is 4.39 Å². The van der Waals surface area contributed by atoms with Crippen molar-refractivity contribution in [3.8, 4) is 0 Å². The first kappa shape index (κ1) is 8.96. The molecule has 0 amide bonds. The smallest absolute Gasteiger partial charge is 0.130 e. The van der Waals surface area contributed by atoms with Crippen molar-refractivity contribution in [3.63, 3.8) is 0 Å². The van der Waals surface area contributed by atoms with Gasteiger partial charge in [-0.3, -0.25) is 0 Å². The summed E-state index contributed by atoms with van der Waals surface area (Å²) in [5, 5.41) is 0. The van der Waals surface area contributed by atoms with Crippen LogP contribution in [0.3, 0.4) is 0 Å². The third-order valence-electron chi connectivity index (χ3n) is 1.71. The topological polar surface area (TPSA) is 78.1 Å². The van der Waals surface area contributed by atoms with Crippen molar-refractivity contribution in [2.24, 2.45) is 11.5 Å². The monoisotopic (exact) mass is 169 g/mol. The zero-order valence-corrected chi connectivity index (χ0v) is 6.63. The largest absolute Gasteiger partial charge is 0.398 e. The maximum Gasteiger partial charge on any atom is 0.130 e. The molecule has 6 N–H and O–H groups in total. The Morgan fingerprint density at radius 2 is 2.08 bits per heavy atom. The molecule has 1 rings (SSSR count). The minimum Gasteiger partial charge on any atom is -0.398 e. The van der Waals surface area contributed by atoms with E-state index < -0.39 is 11.9 Å². The fourth-order valence-electron chi connectivity index (χ4n) is 1.06. The highest BCUT2D eigenvalue weighted by atomic mass is 19.1. The summed E-state index contributed by atoms with van der Waals surface area (Å²) >= 11 is 0. The summed E-state index contributed by atoms with van der Waals surface area (Å²) in [6.07, 6.45) is 0. The van der Waals surface area contributed by atoms with E-state index in [1.54, 1.807) is 6.07 Å². The van der Waals surface area contributed by atoms with Gasteiger partial charge in [0.2, 0.25) is 0 Å². The number of nitrogens with two attached hydrogens (primary N) is 3. The molecule has 0 saturated carbocycles. The molecule has 0 heterocycles. The molecule has 0 aliphatic carbocycles. The van der Waals surface area contributed by atoms with Crippen LogP contribution < -0.4 is 17.2 Å². The summed E-state index contributed by atoms with van der Waals surface area (Å²) in [6.45, 7) is 0.186. The molecule has 1 aromatic carbocycles. The van der Waals surface area contributed by atoms with E-state index in [0.717, 1.165) is 0 Å². The molecular weight excluding hydrogens is 157 g/mol. The van der Waals surface area contributed by atoms with Gasteiger partial charge in [0, 0.05) is 23.8 Å². The maximum atomic E-state index is 13.1. The van der Waals surface area contributed by atoms with Crippen molar-refractivity contribution >= 4 is 5.69 Å². The lowest BCUT2D eigenvalue weighted by atomic mass is 10.1. The Balaban J connectivity index is 3.12. The van der Waals surface area contributed by atoms with Crippen LogP contribution in [0.5, 0.6) is 0 Å². The zero-order chi connectivity index (χ0) is 9.14. The first-order valence-corrected chi connectivity index (χ1v) is 3.66. The molecule has 1 aromatic rings. The lowest BCUT2D eigenvalue weighted by molar-refractivity contribution is 0.586. The first-order valence-electron chi connectivity index (χ1n) is 3.66. The van der Waals surface area contributed by atoms with E-state index in [1.807, 2.05) is 0 Å². The lowest BCUT2D eigenvalue weighted by Crippen LogP contribution is -2.23. The van der Waals surface area contributed by atoms with E-state index in [0.29, 0.717) is 11.3 Å². The molecule has 0 spiro atoms. The predicted molar refractivity (Wildman–Crippen MR) is 46.8 cm³/mol. The molecule has 66 valence electrons. The minimum atomic E-state index is -0.522. The van der Waals surface area contributed by atoms with E-state index in [2.05, 4.69) is 0 Å². The van der Waals surface area contributed by atoms with Crippen LogP contribution in [-0.2, 0) is 0 Å². The van der Waals surface area contributed by atoms with Gasteiger partial charge in [-0.1, -0.05) is 6.07 Å². The highest BCUT2D eigenvalue weighted by molar-refractivity contribution is 5.49. The van der Waals surface area contributed by atoms with E-state index in [1.165, 1.54) is 12.1 Å². The molecule has 0 aliphatic rings. The molecule has 0 radical (unpaired) electrons. The van der Waals surface area contributed by atoms with Gasteiger partial charge in [0.15, 0.2) is 0 Å². The average Bonchev–Trinajstić information content (AvgIpc) is 2.03. The van der Waals surface area contributed by atoms with Gasteiger partial charge < -0.3 is 17.2 Å². The van der Waals surface area contributed by atoms with Crippen LogP contribution in [0.1, 0.15) is 11.6 Å². The summed E-state index contributed by atoms with van der Waals surface area (Å²) in [5.41, 5.74) is 17.0. The van der Waals surface area contributed by atoms with Crippen LogP contribution in [0.4, 0.5) is 10.1 Å². The Hall–Kier alpha value is -1.13. The normalized spacial score (nSPS) is 12.9. The summed E-state index contributed by atoms with van der Waals surface area (Å²) in [5.74, 6) is -0.395. The van der Waals surface area contributed by atoms with Gasteiger partial charge in [-0.05, 0) is 12.1 Å². The van der Waals surface area contributed by atoms with E-state index >= 15 is 0 Å². The van der Waals surface area contributed by atoms with Gasteiger partial charge in [-0.2, -0.15) is 0 Å². The second-order valence-corrected chi connectivity index (χ2v) is 2.58. The van der Waals surface area contributed by atoms with Crippen LogP contribution in [0.25, 0.3) is 0 Å². The van der Waals surface area contributed by atoms with Crippen molar-refractivity contribution in [1.82, 2.24) is 0 Å². The summed E-state index contributed by atoms with van der Waals surface area (Å²) in [7, 11) is 0. The Bertz CT molecular complexity index is 255. The third kappa shape index (κ3) is 1.54. The Labute approximate surface area is 70.3 Å². The Kier molecular flexibility index (Phi) is 2.62. The molecular formula is C8H12FN3. The van der Waals surface area contributed by atoms with Crippen LogP contribution >= 0.6 is 0 Å². The average molecular weight is 169 g/mol. The standard InChI is InChI=1S/C8H12FN3/c9-5-2-1-3-6(11)8(5)7(12)4-10/h1-3,7H,4,10-12H2. The third-order valence-corrected chi connectivity index (χ3v) is 1.71. The zero-order valence-electron chi connectivity index (χ0n) is 6.63. The van der Waals surface area contributed by atoms with Crippen LogP contribution in [-0.4, -0.2) is 6.54 Å². The number of halogens is 1. The van der Waals surface area contributed by atoms with Crippen molar-refractivity contribution in [2.45, 2.75) is 6.04 Å². The SMILES string of the molecule is NCC(N)c1c(N)cccc1F. The molecule has 0 bridgehead atoms. The highest BCUT2D eigenvalue weighted by Gasteiger charge is 2.12. The fraction of sp³-hybridized carbons (Fsp3) is 0.250. The van der Waals surface area contributed by atoms with Crippen LogP contribution in [0, 0.1) is 5.82 Å². The van der Waals surface area contributed by atoms with Crippen LogP contribution in [0.2, 0.25) is 0 Å². The van der Waals surface area contributed by atoms with Crippen molar-refractivity contribution < 1.29 is 4.39 Å². The Morgan fingerprint density at radius 1 is 1.42 bits per heavy atom. The van der Waals surface area contributed by atoms with Crippen molar-refractivity contribution in [2.75, 3.05) is 12.3 Å². The van der Waals surface area contributed by atoms with E-state index in [4.69, 9.17) is 17.2 Å². The molecule has 0 fully saturated rings. The summed E-state index contributed by atoms with van der Waals surface area (Å²) < 4.78 is 13.1. The lowest BCUT2D eigenvalue weighted by Gasteiger charge is -2.12. The highest BCUT2D eigenvalue weighted by Crippen LogP contribution is 2.20. The minimum absolute atomic E-state index is 0.186. The van der Waals surface area contributed by atoms with Gasteiger partial charge in [0.25, 0.3) is 0 Å². The molecule has 1 unspecified atom stereocenters. The van der Waals surface area contributed by atoms with Gasteiger partial charge >= 0.3 is 0 Å². The second kappa shape index (κ2) is 3.51. The number of hydrogen-bond donors (Lipinski definition) is 3. The number of hydrogen-bond acceptors (Lipinski definition) is 3. The molecule has 3 nitrogen and oxygen atoms in total. The van der Waals surface area contributed by atoms with Gasteiger partial charge in [-0.25, -0.2) is 4.39 Å². The number of nitrogen functional groups attached to an aromatic ring is 1. The van der Waals surface area contributed by atoms with E-state index in [-0.39, 0.29) is 6.54 Å². The fourth-order valence-corrected chi connectivity index (χ4v) is 1.06. The molecule has 4 heteroatoms. The first-order chi connectivity index (χ1) is 5.66. The van der Waals surface area contributed by atoms with Crippen molar-refractivity contribution in [3.05, 3.63) is 29.6 Å². The molecule has 1 atom stereocenters. The Morgan fingerprint density at radius 3 is 2.58 bits per heavy atom. The van der Waals surface area contributed by atoms with Gasteiger partial charge in [0.1, 0.15) is 5.82 Å². The number of rotatable bonds is 2. The summed E-state index contributed by atoms with van der Waals surface area (Å²) in [6, 6.07) is 3.94. The molecule has 0 saturated heterocycles. The predicted octanol–water partition coefficient (Wildman–Crippen LogP) is 0.366. The second-order valence-electron chi connectivity index (χ2n) is 2.58. The number of anilines is 1. The van der Waals surface area contributed by atoms with Crippen LogP contribution in [0.15, 0.2) is 18.2 Å². The quantitative estimate of drug-likeness (QED) is 0.559. The maximum absolute atomic E-state index is 13.1. The van der Waals surface area contributed by atoms with Crippen molar-refractivity contribution in [1.29, 1.82) is 0 Å². The van der Waals surface area contributed by atoms with Gasteiger partial charge in [-0.15, -0.1) is 0 Å². The van der Waals surface area contributed by atoms with Gasteiger partial charge in [0.05, 0.1) is 0 Å². The summed E-state index contributed by atoms with van der Waals surface area (Å²) in [4.78, 5) is 0. The molecule has 0 aliphatic heterocycles. The molecule has 12 heavy (non-hydrogen) atoms.